The smallest absolute Gasteiger partial charge is 0.269 e. The van der Waals surface area contributed by atoms with Crippen LogP contribution >= 0.6 is 11.8 Å². The van der Waals surface area contributed by atoms with Crippen molar-refractivity contribution in [2.24, 2.45) is 4.99 Å². The van der Waals surface area contributed by atoms with Crippen molar-refractivity contribution in [1.29, 1.82) is 0 Å². The Labute approximate surface area is 104 Å². The van der Waals surface area contributed by atoms with Crippen LogP contribution in [0, 0.1) is 10.1 Å². The molecule has 1 aromatic carbocycles. The molecule has 92 valence electrons. The highest BCUT2D eigenvalue weighted by Crippen LogP contribution is 2.11. The Kier molecular flexibility index (Phi) is 5.48. The minimum atomic E-state index is -0.391. The van der Waals surface area contributed by atoms with Crippen molar-refractivity contribution in [2.75, 3.05) is 19.8 Å². The quantitative estimate of drug-likeness (QED) is 0.386. The molecule has 0 saturated heterocycles. The van der Waals surface area contributed by atoms with Gasteiger partial charge < -0.3 is 5.32 Å². The molecule has 0 aromatic heterocycles. The first kappa shape index (κ1) is 13.5. The van der Waals surface area contributed by atoms with Crippen molar-refractivity contribution < 1.29 is 4.92 Å². The van der Waals surface area contributed by atoms with Crippen molar-refractivity contribution in [3.63, 3.8) is 0 Å². The summed E-state index contributed by atoms with van der Waals surface area (Å²) in [6.07, 6.45) is 2.78. The van der Waals surface area contributed by atoms with Gasteiger partial charge in [0.2, 0.25) is 0 Å². The Hall–Kier alpha value is -1.56. The van der Waals surface area contributed by atoms with E-state index in [-0.39, 0.29) is 5.69 Å². The molecule has 0 saturated carbocycles. The maximum Gasteiger partial charge on any atom is 0.269 e. The average Bonchev–Trinajstić information content (AvgIpc) is 2.35. The van der Waals surface area contributed by atoms with Crippen LogP contribution in [0.2, 0.25) is 0 Å². The molecular weight excluding hydrogens is 238 g/mol. The van der Waals surface area contributed by atoms with Crippen LogP contribution < -0.4 is 5.32 Å². The van der Waals surface area contributed by atoms with Crippen LogP contribution in [0.25, 0.3) is 0 Å². The molecule has 17 heavy (non-hydrogen) atoms. The van der Waals surface area contributed by atoms with Gasteiger partial charge in [0.15, 0.2) is 5.17 Å². The third-order valence-electron chi connectivity index (χ3n) is 2.23. The van der Waals surface area contributed by atoms with E-state index in [2.05, 4.69) is 10.3 Å². The molecule has 1 N–H and O–H groups in total. The highest BCUT2D eigenvalue weighted by atomic mass is 32.2. The monoisotopic (exact) mass is 253 g/mol. The van der Waals surface area contributed by atoms with E-state index in [1.165, 1.54) is 12.1 Å². The van der Waals surface area contributed by atoms with Gasteiger partial charge in [0.05, 0.1) is 4.92 Å². The van der Waals surface area contributed by atoms with Crippen LogP contribution in [0.5, 0.6) is 0 Å². The molecule has 0 atom stereocenters. The van der Waals surface area contributed by atoms with Crippen molar-refractivity contribution >= 4 is 22.6 Å². The Balaban J connectivity index is 2.45. The summed E-state index contributed by atoms with van der Waals surface area (Å²) in [5.74, 6) is 0. The predicted molar refractivity (Wildman–Crippen MR) is 71.7 cm³/mol. The van der Waals surface area contributed by atoms with Crippen molar-refractivity contribution in [3.05, 3.63) is 39.9 Å². The summed E-state index contributed by atoms with van der Waals surface area (Å²) < 4.78 is 0. The number of nitro benzene ring substituents is 1. The number of nitro groups is 1. The zero-order valence-corrected chi connectivity index (χ0v) is 10.7. The molecule has 0 unspecified atom stereocenters. The standard InChI is InChI=1S/C11H15N3O2S/c1-12-11(17-2)13-8-7-9-3-5-10(6-4-9)14(15)16/h3-6H,7-8H2,1-2H3,(H,12,13). The Morgan fingerprint density at radius 2 is 2.12 bits per heavy atom. The first-order valence-corrected chi connectivity index (χ1v) is 6.38. The molecule has 0 radical (unpaired) electrons. The number of thioether (sulfide) groups is 1. The second kappa shape index (κ2) is 6.90. The van der Waals surface area contributed by atoms with E-state index >= 15 is 0 Å². The van der Waals surface area contributed by atoms with Gasteiger partial charge in [0.1, 0.15) is 0 Å². The van der Waals surface area contributed by atoms with Crippen LogP contribution in [0.4, 0.5) is 5.69 Å². The van der Waals surface area contributed by atoms with Crippen LogP contribution in [-0.2, 0) is 6.42 Å². The maximum atomic E-state index is 10.5. The van der Waals surface area contributed by atoms with Gasteiger partial charge in [-0.15, -0.1) is 0 Å². The molecule has 0 aliphatic carbocycles. The van der Waals surface area contributed by atoms with E-state index in [9.17, 15) is 10.1 Å². The number of hydrogen-bond donors (Lipinski definition) is 1. The van der Waals surface area contributed by atoms with Gasteiger partial charge in [0.25, 0.3) is 5.69 Å². The van der Waals surface area contributed by atoms with E-state index in [0.29, 0.717) is 0 Å². The zero-order chi connectivity index (χ0) is 12.7. The van der Waals surface area contributed by atoms with Gasteiger partial charge in [-0.25, -0.2) is 0 Å². The topological polar surface area (TPSA) is 67.5 Å². The minimum Gasteiger partial charge on any atom is -0.365 e. The number of nitrogens with zero attached hydrogens (tertiary/aromatic N) is 2. The Bertz CT molecular complexity index is 404. The first-order valence-electron chi connectivity index (χ1n) is 5.15. The summed E-state index contributed by atoms with van der Waals surface area (Å²) in [5, 5.41) is 14.5. The number of amidine groups is 1. The molecule has 0 fully saturated rings. The maximum absolute atomic E-state index is 10.5. The van der Waals surface area contributed by atoms with Gasteiger partial charge in [-0.2, -0.15) is 0 Å². The number of rotatable bonds is 4. The number of non-ortho nitro benzene ring substituents is 1. The minimum absolute atomic E-state index is 0.127. The highest BCUT2D eigenvalue weighted by Gasteiger charge is 2.03. The molecule has 0 aliphatic heterocycles. The average molecular weight is 253 g/mol. The number of hydrogen-bond acceptors (Lipinski definition) is 4. The predicted octanol–water partition coefficient (Wildman–Crippen LogP) is 2.08. The fraction of sp³-hybridized carbons (Fsp3) is 0.364. The lowest BCUT2D eigenvalue weighted by Gasteiger charge is -2.06. The SMILES string of the molecule is CN=C(NCCc1ccc([N+](=O)[O-])cc1)SC. The fourth-order valence-corrected chi connectivity index (χ4v) is 1.77. The Morgan fingerprint density at radius 3 is 2.59 bits per heavy atom. The fourth-order valence-electron chi connectivity index (χ4n) is 1.34. The zero-order valence-electron chi connectivity index (χ0n) is 9.84. The Morgan fingerprint density at radius 1 is 1.47 bits per heavy atom. The van der Waals surface area contributed by atoms with Crippen molar-refractivity contribution in [3.8, 4) is 0 Å². The van der Waals surface area contributed by atoms with Gasteiger partial charge in [-0.05, 0) is 18.2 Å². The van der Waals surface area contributed by atoms with Crippen LogP contribution in [0.1, 0.15) is 5.56 Å². The van der Waals surface area contributed by atoms with E-state index < -0.39 is 4.92 Å². The molecule has 0 bridgehead atoms. The van der Waals surface area contributed by atoms with Gasteiger partial charge >= 0.3 is 0 Å². The second-order valence-electron chi connectivity index (χ2n) is 3.33. The summed E-state index contributed by atoms with van der Waals surface area (Å²) in [5.41, 5.74) is 1.20. The lowest BCUT2D eigenvalue weighted by atomic mass is 10.1. The summed E-state index contributed by atoms with van der Waals surface area (Å²) in [6.45, 7) is 0.769. The van der Waals surface area contributed by atoms with Gasteiger partial charge in [-0.1, -0.05) is 23.9 Å². The van der Waals surface area contributed by atoms with Crippen molar-refractivity contribution in [2.45, 2.75) is 6.42 Å². The summed E-state index contributed by atoms with van der Waals surface area (Å²) in [7, 11) is 1.74. The molecule has 0 spiro atoms. The largest absolute Gasteiger partial charge is 0.365 e. The lowest BCUT2D eigenvalue weighted by Crippen LogP contribution is -2.22. The number of aliphatic imine (C=N–C) groups is 1. The summed E-state index contributed by atoms with van der Waals surface area (Å²) in [6, 6.07) is 6.61. The van der Waals surface area contributed by atoms with E-state index in [0.717, 1.165) is 23.7 Å². The third-order valence-corrected chi connectivity index (χ3v) is 2.95. The molecule has 1 aromatic rings. The van der Waals surface area contributed by atoms with Gasteiger partial charge in [-0.3, -0.25) is 15.1 Å². The van der Waals surface area contributed by atoms with E-state index in [4.69, 9.17) is 0 Å². The van der Waals surface area contributed by atoms with Crippen molar-refractivity contribution in [1.82, 2.24) is 5.32 Å². The van der Waals surface area contributed by atoms with Gasteiger partial charge in [0, 0.05) is 25.7 Å². The molecule has 6 heteroatoms. The highest BCUT2D eigenvalue weighted by molar-refractivity contribution is 8.13. The molecule has 1 rings (SSSR count). The normalized spacial score (nSPS) is 11.3. The van der Waals surface area contributed by atoms with Crippen LogP contribution in [-0.4, -0.2) is 29.9 Å². The lowest BCUT2D eigenvalue weighted by molar-refractivity contribution is -0.384. The number of nitrogens with one attached hydrogen (secondary N) is 1. The molecule has 0 aliphatic rings. The summed E-state index contributed by atoms with van der Waals surface area (Å²) in [4.78, 5) is 14.1. The third kappa shape index (κ3) is 4.44. The molecule has 5 nitrogen and oxygen atoms in total. The second-order valence-corrected chi connectivity index (χ2v) is 4.13. The van der Waals surface area contributed by atoms with E-state index in [1.54, 1.807) is 30.9 Å². The first-order chi connectivity index (χ1) is 8.17. The molecule has 0 heterocycles. The molecule has 0 amide bonds. The number of benzene rings is 1. The molecular formula is C11H15N3O2S. The van der Waals surface area contributed by atoms with E-state index in [1.807, 2.05) is 6.26 Å². The summed E-state index contributed by atoms with van der Waals surface area (Å²) >= 11 is 1.56. The van der Waals surface area contributed by atoms with Crippen LogP contribution in [0.3, 0.4) is 0 Å². The van der Waals surface area contributed by atoms with Crippen LogP contribution in [0.15, 0.2) is 29.3 Å².